The predicted octanol–water partition coefficient (Wildman–Crippen LogP) is 4.36. The standard InChI is InChI=1S/C15H24FN/c1-3-4-5-6-9-12-15(2,17)13-10-7-8-11-14(13)16/h7-8,10-11H,3-6,9,12,17H2,1-2H3. The molecule has 1 nitrogen and oxygen atoms in total. The summed E-state index contributed by atoms with van der Waals surface area (Å²) in [6, 6.07) is 6.83. The molecule has 1 rings (SSSR count). The van der Waals surface area contributed by atoms with Gasteiger partial charge in [0.05, 0.1) is 0 Å². The molecule has 0 amide bonds. The monoisotopic (exact) mass is 237 g/mol. The molecule has 0 fully saturated rings. The van der Waals surface area contributed by atoms with Crippen molar-refractivity contribution in [2.24, 2.45) is 5.73 Å². The van der Waals surface area contributed by atoms with E-state index in [0.717, 1.165) is 12.8 Å². The smallest absolute Gasteiger partial charge is 0.128 e. The lowest BCUT2D eigenvalue weighted by Gasteiger charge is -2.25. The van der Waals surface area contributed by atoms with Crippen LogP contribution in [0.2, 0.25) is 0 Å². The highest BCUT2D eigenvalue weighted by atomic mass is 19.1. The van der Waals surface area contributed by atoms with Crippen molar-refractivity contribution in [1.82, 2.24) is 0 Å². The third-order valence-electron chi connectivity index (χ3n) is 3.29. The fourth-order valence-electron chi connectivity index (χ4n) is 2.15. The highest BCUT2D eigenvalue weighted by Gasteiger charge is 2.23. The Kier molecular flexibility index (Phi) is 5.63. The van der Waals surface area contributed by atoms with E-state index in [0.29, 0.717) is 5.56 Å². The molecule has 2 heteroatoms. The summed E-state index contributed by atoms with van der Waals surface area (Å²) in [6.45, 7) is 4.12. The van der Waals surface area contributed by atoms with E-state index in [1.165, 1.54) is 31.7 Å². The van der Waals surface area contributed by atoms with E-state index in [1.807, 2.05) is 13.0 Å². The number of benzene rings is 1. The lowest BCUT2D eigenvalue weighted by molar-refractivity contribution is 0.403. The lowest BCUT2D eigenvalue weighted by atomic mass is 9.87. The first-order chi connectivity index (χ1) is 8.08. The Balaban J connectivity index is 2.48. The molecular weight excluding hydrogens is 213 g/mol. The first-order valence-electron chi connectivity index (χ1n) is 6.62. The Hall–Kier alpha value is -0.890. The summed E-state index contributed by atoms with van der Waals surface area (Å²) in [5.74, 6) is -0.189. The molecule has 1 atom stereocenters. The topological polar surface area (TPSA) is 26.0 Å². The molecular formula is C15H24FN. The van der Waals surface area contributed by atoms with Crippen LogP contribution in [0.1, 0.15) is 57.9 Å². The van der Waals surface area contributed by atoms with E-state index >= 15 is 0 Å². The Bertz CT molecular complexity index is 333. The first kappa shape index (κ1) is 14.2. The van der Waals surface area contributed by atoms with Crippen LogP contribution in [-0.2, 0) is 5.54 Å². The van der Waals surface area contributed by atoms with Gasteiger partial charge in [-0.3, -0.25) is 0 Å². The van der Waals surface area contributed by atoms with Gasteiger partial charge >= 0.3 is 0 Å². The van der Waals surface area contributed by atoms with E-state index in [1.54, 1.807) is 12.1 Å². The van der Waals surface area contributed by atoms with Gasteiger partial charge in [0.25, 0.3) is 0 Å². The summed E-state index contributed by atoms with van der Waals surface area (Å²) in [4.78, 5) is 0. The maximum Gasteiger partial charge on any atom is 0.128 e. The highest BCUT2D eigenvalue weighted by molar-refractivity contribution is 5.24. The molecule has 0 bridgehead atoms. The summed E-state index contributed by atoms with van der Waals surface area (Å²) < 4.78 is 13.6. The quantitative estimate of drug-likeness (QED) is 0.700. The largest absolute Gasteiger partial charge is 0.322 e. The average Bonchev–Trinajstić information content (AvgIpc) is 2.29. The summed E-state index contributed by atoms with van der Waals surface area (Å²) in [5, 5.41) is 0. The molecule has 0 heterocycles. The summed E-state index contributed by atoms with van der Waals surface area (Å²) >= 11 is 0. The molecule has 0 aliphatic heterocycles. The normalized spacial score (nSPS) is 14.6. The van der Waals surface area contributed by atoms with E-state index in [-0.39, 0.29) is 5.82 Å². The van der Waals surface area contributed by atoms with Crippen molar-refractivity contribution in [2.45, 2.75) is 57.9 Å². The highest BCUT2D eigenvalue weighted by Crippen LogP contribution is 2.26. The third-order valence-corrected chi connectivity index (χ3v) is 3.29. The van der Waals surface area contributed by atoms with Crippen molar-refractivity contribution < 1.29 is 4.39 Å². The summed E-state index contributed by atoms with van der Waals surface area (Å²) in [7, 11) is 0. The Morgan fingerprint density at radius 3 is 2.41 bits per heavy atom. The lowest BCUT2D eigenvalue weighted by Crippen LogP contribution is -2.33. The van der Waals surface area contributed by atoms with Gasteiger partial charge in [0.1, 0.15) is 5.82 Å². The van der Waals surface area contributed by atoms with Gasteiger partial charge in [0.2, 0.25) is 0 Å². The van der Waals surface area contributed by atoms with E-state index in [4.69, 9.17) is 5.73 Å². The molecule has 0 radical (unpaired) electrons. The second-order valence-electron chi connectivity index (χ2n) is 5.06. The number of hydrogen-bond acceptors (Lipinski definition) is 1. The van der Waals surface area contributed by atoms with Gasteiger partial charge in [0.15, 0.2) is 0 Å². The fraction of sp³-hybridized carbons (Fsp3) is 0.600. The number of unbranched alkanes of at least 4 members (excludes halogenated alkanes) is 4. The van der Waals surface area contributed by atoms with Crippen LogP contribution in [0.25, 0.3) is 0 Å². The molecule has 0 saturated heterocycles. The van der Waals surface area contributed by atoms with Crippen molar-refractivity contribution >= 4 is 0 Å². The molecule has 0 spiro atoms. The van der Waals surface area contributed by atoms with Crippen molar-refractivity contribution in [1.29, 1.82) is 0 Å². The maximum absolute atomic E-state index is 13.6. The van der Waals surface area contributed by atoms with E-state index < -0.39 is 5.54 Å². The average molecular weight is 237 g/mol. The second-order valence-corrected chi connectivity index (χ2v) is 5.06. The van der Waals surface area contributed by atoms with Crippen LogP contribution in [0.15, 0.2) is 24.3 Å². The van der Waals surface area contributed by atoms with Crippen molar-refractivity contribution in [3.05, 3.63) is 35.6 Å². The zero-order chi connectivity index (χ0) is 12.7. The number of rotatable bonds is 7. The summed E-state index contributed by atoms with van der Waals surface area (Å²) in [6.07, 6.45) is 6.88. The van der Waals surface area contributed by atoms with Crippen LogP contribution in [-0.4, -0.2) is 0 Å². The van der Waals surface area contributed by atoms with Crippen LogP contribution >= 0.6 is 0 Å². The van der Waals surface area contributed by atoms with Crippen LogP contribution in [0.5, 0.6) is 0 Å². The van der Waals surface area contributed by atoms with E-state index in [9.17, 15) is 4.39 Å². The van der Waals surface area contributed by atoms with Crippen LogP contribution in [0.4, 0.5) is 4.39 Å². The molecule has 2 N–H and O–H groups in total. The van der Waals surface area contributed by atoms with Crippen LogP contribution in [0, 0.1) is 5.82 Å². The van der Waals surface area contributed by atoms with Crippen molar-refractivity contribution in [3.63, 3.8) is 0 Å². The van der Waals surface area contributed by atoms with Crippen molar-refractivity contribution in [3.8, 4) is 0 Å². The molecule has 17 heavy (non-hydrogen) atoms. The third kappa shape index (κ3) is 4.47. The maximum atomic E-state index is 13.6. The molecule has 96 valence electrons. The van der Waals surface area contributed by atoms with Crippen molar-refractivity contribution in [2.75, 3.05) is 0 Å². The zero-order valence-electron chi connectivity index (χ0n) is 11.0. The minimum absolute atomic E-state index is 0.189. The first-order valence-corrected chi connectivity index (χ1v) is 6.62. The zero-order valence-corrected chi connectivity index (χ0v) is 11.0. The fourth-order valence-corrected chi connectivity index (χ4v) is 2.15. The molecule has 1 aromatic rings. The van der Waals surface area contributed by atoms with Gasteiger partial charge in [-0.1, -0.05) is 57.2 Å². The van der Waals surface area contributed by atoms with Gasteiger partial charge in [-0.05, 0) is 19.4 Å². The van der Waals surface area contributed by atoms with Gasteiger partial charge in [0, 0.05) is 11.1 Å². The predicted molar refractivity (Wildman–Crippen MR) is 71.3 cm³/mol. The summed E-state index contributed by atoms with van der Waals surface area (Å²) in [5.41, 5.74) is 6.30. The van der Waals surface area contributed by atoms with Gasteiger partial charge in [-0.2, -0.15) is 0 Å². The van der Waals surface area contributed by atoms with E-state index in [2.05, 4.69) is 6.92 Å². The van der Waals surface area contributed by atoms with Gasteiger partial charge < -0.3 is 5.73 Å². The Labute approximate surface area is 104 Å². The number of halogens is 1. The molecule has 0 saturated carbocycles. The second kappa shape index (κ2) is 6.75. The SMILES string of the molecule is CCCCCCCC(C)(N)c1ccccc1F. The minimum atomic E-state index is -0.544. The van der Waals surface area contributed by atoms with Crippen LogP contribution < -0.4 is 5.73 Å². The molecule has 0 aromatic heterocycles. The molecule has 0 aliphatic carbocycles. The van der Waals surface area contributed by atoms with Gasteiger partial charge in [-0.25, -0.2) is 4.39 Å². The number of hydrogen-bond donors (Lipinski definition) is 1. The molecule has 1 aromatic carbocycles. The Morgan fingerprint density at radius 2 is 1.76 bits per heavy atom. The van der Waals surface area contributed by atoms with Crippen LogP contribution in [0.3, 0.4) is 0 Å². The number of nitrogens with two attached hydrogens (primary N) is 1. The minimum Gasteiger partial charge on any atom is -0.322 e. The Morgan fingerprint density at radius 1 is 1.12 bits per heavy atom. The molecule has 0 aliphatic rings. The van der Waals surface area contributed by atoms with Gasteiger partial charge in [-0.15, -0.1) is 0 Å². The molecule has 1 unspecified atom stereocenters.